The molecule has 0 heterocycles. The Morgan fingerprint density at radius 1 is 1.12 bits per heavy atom. The van der Waals surface area contributed by atoms with Crippen LogP contribution in [0.2, 0.25) is 0 Å². The van der Waals surface area contributed by atoms with E-state index in [2.05, 4.69) is 5.32 Å². The fourth-order valence-corrected chi connectivity index (χ4v) is 3.86. The van der Waals surface area contributed by atoms with Crippen molar-refractivity contribution in [3.8, 4) is 0 Å². The SMILES string of the molecule is CN(C)CCCNc1ccc(N)cc1S(=O)(=O)N(CCO)CCO. The van der Waals surface area contributed by atoms with Gasteiger partial charge in [0.05, 0.1) is 18.9 Å². The van der Waals surface area contributed by atoms with E-state index in [1.54, 1.807) is 12.1 Å². The summed E-state index contributed by atoms with van der Waals surface area (Å²) >= 11 is 0. The van der Waals surface area contributed by atoms with E-state index in [-0.39, 0.29) is 31.2 Å². The molecule has 9 heteroatoms. The highest BCUT2D eigenvalue weighted by Gasteiger charge is 2.26. The van der Waals surface area contributed by atoms with Gasteiger partial charge in [0.1, 0.15) is 4.90 Å². The van der Waals surface area contributed by atoms with Gasteiger partial charge in [-0.05, 0) is 45.3 Å². The molecule has 0 aliphatic heterocycles. The Morgan fingerprint density at radius 2 is 1.75 bits per heavy atom. The van der Waals surface area contributed by atoms with Crippen molar-refractivity contribution in [2.24, 2.45) is 0 Å². The number of hydrogen-bond donors (Lipinski definition) is 4. The minimum Gasteiger partial charge on any atom is -0.399 e. The summed E-state index contributed by atoms with van der Waals surface area (Å²) in [7, 11) is 0.0744. The minimum atomic E-state index is -3.87. The molecular weight excluding hydrogens is 332 g/mol. The van der Waals surface area contributed by atoms with E-state index >= 15 is 0 Å². The van der Waals surface area contributed by atoms with Gasteiger partial charge in [0.2, 0.25) is 10.0 Å². The normalized spacial score (nSPS) is 12.1. The Morgan fingerprint density at radius 3 is 2.29 bits per heavy atom. The lowest BCUT2D eigenvalue weighted by molar-refractivity contribution is 0.217. The van der Waals surface area contributed by atoms with Gasteiger partial charge in [-0.2, -0.15) is 4.31 Å². The zero-order chi connectivity index (χ0) is 18.2. The molecule has 0 saturated carbocycles. The summed E-state index contributed by atoms with van der Waals surface area (Å²) in [5.41, 5.74) is 6.55. The molecule has 0 aliphatic rings. The second-order valence-electron chi connectivity index (χ2n) is 5.69. The molecule has 0 aromatic heterocycles. The highest BCUT2D eigenvalue weighted by atomic mass is 32.2. The number of hydrogen-bond acceptors (Lipinski definition) is 7. The van der Waals surface area contributed by atoms with Gasteiger partial charge in [-0.3, -0.25) is 0 Å². The summed E-state index contributed by atoms with van der Waals surface area (Å²) < 4.78 is 26.7. The number of nitrogen functional groups attached to an aromatic ring is 1. The lowest BCUT2D eigenvalue weighted by atomic mass is 10.2. The zero-order valence-corrected chi connectivity index (χ0v) is 15.1. The maximum Gasteiger partial charge on any atom is 0.245 e. The third kappa shape index (κ3) is 5.91. The predicted molar refractivity (Wildman–Crippen MR) is 95.4 cm³/mol. The van der Waals surface area contributed by atoms with Crippen molar-refractivity contribution in [2.45, 2.75) is 11.3 Å². The summed E-state index contributed by atoms with van der Waals surface area (Å²) in [4.78, 5) is 2.10. The van der Waals surface area contributed by atoms with E-state index in [0.29, 0.717) is 17.9 Å². The van der Waals surface area contributed by atoms with Gasteiger partial charge >= 0.3 is 0 Å². The van der Waals surface area contributed by atoms with Crippen LogP contribution >= 0.6 is 0 Å². The van der Waals surface area contributed by atoms with Gasteiger partial charge in [0.15, 0.2) is 0 Å². The molecule has 0 aliphatic carbocycles. The first-order chi connectivity index (χ1) is 11.3. The van der Waals surface area contributed by atoms with Crippen molar-refractivity contribution >= 4 is 21.4 Å². The average Bonchev–Trinajstić information content (AvgIpc) is 2.52. The Labute approximate surface area is 143 Å². The van der Waals surface area contributed by atoms with Crippen molar-refractivity contribution in [1.29, 1.82) is 0 Å². The van der Waals surface area contributed by atoms with E-state index < -0.39 is 10.0 Å². The average molecular weight is 360 g/mol. The third-order valence-electron chi connectivity index (χ3n) is 3.42. The quantitative estimate of drug-likeness (QED) is 0.313. The third-order valence-corrected chi connectivity index (χ3v) is 5.36. The smallest absolute Gasteiger partial charge is 0.245 e. The van der Waals surface area contributed by atoms with Crippen LogP contribution in [-0.4, -0.2) is 81.3 Å². The van der Waals surface area contributed by atoms with E-state index in [1.807, 2.05) is 19.0 Å². The number of benzene rings is 1. The second-order valence-corrected chi connectivity index (χ2v) is 7.60. The van der Waals surface area contributed by atoms with Crippen molar-refractivity contribution in [3.05, 3.63) is 18.2 Å². The monoisotopic (exact) mass is 360 g/mol. The number of sulfonamides is 1. The van der Waals surface area contributed by atoms with Crippen molar-refractivity contribution in [1.82, 2.24) is 9.21 Å². The fourth-order valence-electron chi connectivity index (χ4n) is 2.23. The molecule has 0 spiro atoms. The minimum absolute atomic E-state index is 0.0502. The van der Waals surface area contributed by atoms with Crippen LogP contribution < -0.4 is 11.1 Å². The molecule has 0 atom stereocenters. The van der Waals surface area contributed by atoms with Crippen LogP contribution in [0.5, 0.6) is 0 Å². The fraction of sp³-hybridized carbons (Fsp3) is 0.600. The van der Waals surface area contributed by atoms with E-state index in [1.165, 1.54) is 6.07 Å². The molecule has 24 heavy (non-hydrogen) atoms. The van der Waals surface area contributed by atoms with E-state index in [9.17, 15) is 8.42 Å². The van der Waals surface area contributed by atoms with Gasteiger partial charge in [0.25, 0.3) is 0 Å². The molecule has 0 radical (unpaired) electrons. The first kappa shape index (κ1) is 20.7. The molecule has 0 unspecified atom stereocenters. The molecule has 138 valence electrons. The van der Waals surface area contributed by atoms with E-state index in [0.717, 1.165) is 17.3 Å². The summed E-state index contributed by atoms with van der Waals surface area (Å²) in [6, 6.07) is 4.66. The Bertz CT molecular complexity index is 601. The van der Waals surface area contributed by atoms with Crippen molar-refractivity contribution < 1.29 is 18.6 Å². The van der Waals surface area contributed by atoms with Gasteiger partial charge in [-0.15, -0.1) is 0 Å². The van der Waals surface area contributed by atoms with E-state index in [4.69, 9.17) is 15.9 Å². The number of nitrogens with one attached hydrogen (secondary N) is 1. The highest BCUT2D eigenvalue weighted by molar-refractivity contribution is 7.89. The molecule has 1 aromatic carbocycles. The first-order valence-corrected chi connectivity index (χ1v) is 9.27. The molecule has 0 bridgehead atoms. The molecular formula is C15H28N4O4S. The largest absolute Gasteiger partial charge is 0.399 e. The maximum atomic E-state index is 12.8. The molecule has 0 fully saturated rings. The molecule has 8 nitrogen and oxygen atoms in total. The van der Waals surface area contributed by atoms with Gasteiger partial charge in [-0.1, -0.05) is 0 Å². The number of anilines is 2. The number of rotatable bonds is 11. The topological polar surface area (TPSA) is 119 Å². The van der Waals surface area contributed by atoms with Crippen LogP contribution in [0.15, 0.2) is 23.1 Å². The van der Waals surface area contributed by atoms with Crippen LogP contribution in [0.4, 0.5) is 11.4 Å². The van der Waals surface area contributed by atoms with Crippen LogP contribution in [0.3, 0.4) is 0 Å². The summed E-state index contributed by atoms with van der Waals surface area (Å²) in [6.07, 6.45) is 0.855. The van der Waals surface area contributed by atoms with Gasteiger partial charge in [-0.25, -0.2) is 8.42 Å². The first-order valence-electron chi connectivity index (χ1n) is 7.83. The highest BCUT2D eigenvalue weighted by Crippen LogP contribution is 2.27. The molecule has 5 N–H and O–H groups in total. The summed E-state index contributed by atoms with van der Waals surface area (Å²) in [5, 5.41) is 21.3. The number of nitrogens with two attached hydrogens (primary N) is 1. The van der Waals surface area contributed by atoms with Crippen molar-refractivity contribution in [3.63, 3.8) is 0 Å². The lowest BCUT2D eigenvalue weighted by Gasteiger charge is -2.22. The summed E-state index contributed by atoms with van der Waals surface area (Å²) in [5.74, 6) is 0. The number of nitrogens with zero attached hydrogens (tertiary/aromatic N) is 2. The van der Waals surface area contributed by atoms with Crippen LogP contribution in [0.1, 0.15) is 6.42 Å². The second kappa shape index (κ2) is 9.80. The Balaban J connectivity index is 3.04. The standard InChI is InChI=1S/C15H28N4O4S/c1-18(2)7-3-6-17-14-5-4-13(16)12-15(14)24(22,23)19(8-10-20)9-11-21/h4-5,12,17,20-21H,3,6-11,16H2,1-2H3. The van der Waals surface area contributed by atoms with Crippen LogP contribution in [-0.2, 0) is 10.0 Å². The number of aliphatic hydroxyl groups is 2. The Hall–Kier alpha value is -1.39. The molecule has 0 saturated heterocycles. The summed E-state index contributed by atoms with van der Waals surface area (Å²) in [6.45, 7) is 0.672. The maximum absolute atomic E-state index is 12.8. The molecule has 0 amide bonds. The molecule has 1 rings (SSSR count). The number of aliphatic hydroxyl groups excluding tert-OH is 2. The molecule has 1 aromatic rings. The van der Waals surface area contributed by atoms with Gasteiger partial charge < -0.3 is 26.2 Å². The Kier molecular flexibility index (Phi) is 8.43. The zero-order valence-electron chi connectivity index (χ0n) is 14.3. The lowest BCUT2D eigenvalue weighted by Crippen LogP contribution is -2.36. The van der Waals surface area contributed by atoms with Crippen molar-refractivity contribution in [2.75, 3.05) is 64.5 Å². The van der Waals surface area contributed by atoms with Crippen LogP contribution in [0.25, 0.3) is 0 Å². The van der Waals surface area contributed by atoms with Crippen LogP contribution in [0, 0.1) is 0 Å². The van der Waals surface area contributed by atoms with Gasteiger partial charge in [0, 0.05) is 25.3 Å². The predicted octanol–water partition coefficient (Wildman–Crippen LogP) is -0.392.